The quantitative estimate of drug-likeness (QED) is 0.179. The Morgan fingerprint density at radius 1 is 0.826 bits per heavy atom. The molecule has 4 aromatic rings. The van der Waals surface area contributed by atoms with E-state index in [9.17, 15) is 18.0 Å². The monoisotopic (exact) mass is 679 g/mol. The predicted octanol–water partition coefficient (Wildman–Crippen LogP) is 7.36. The smallest absolute Gasteiger partial charge is 0.264 e. The minimum atomic E-state index is -4.26. The van der Waals surface area contributed by atoms with E-state index in [1.54, 1.807) is 12.1 Å². The van der Waals surface area contributed by atoms with Crippen molar-refractivity contribution in [1.82, 2.24) is 10.2 Å². The zero-order chi connectivity index (χ0) is 33.6. The summed E-state index contributed by atoms with van der Waals surface area (Å²) in [6.45, 7) is 8.90. The first kappa shape index (κ1) is 35.0. The third-order valence-corrected chi connectivity index (χ3v) is 9.98. The van der Waals surface area contributed by atoms with E-state index in [2.05, 4.69) is 5.32 Å². The number of sulfonamides is 1. The van der Waals surface area contributed by atoms with Gasteiger partial charge in [-0.2, -0.15) is 0 Å². The maximum atomic E-state index is 14.6. The van der Waals surface area contributed by atoms with Crippen LogP contribution in [0.3, 0.4) is 0 Å². The molecule has 242 valence electrons. The molecule has 0 heterocycles. The highest BCUT2D eigenvalue weighted by Crippen LogP contribution is 2.31. The molecule has 10 heteroatoms. The number of benzene rings is 4. The number of nitrogens with one attached hydrogen (secondary N) is 1. The van der Waals surface area contributed by atoms with E-state index in [0.717, 1.165) is 26.6 Å². The summed E-state index contributed by atoms with van der Waals surface area (Å²) in [5.41, 5.74) is 3.09. The number of hydrogen-bond donors (Lipinski definition) is 1. The summed E-state index contributed by atoms with van der Waals surface area (Å²) in [7, 11) is -4.26. The minimum Gasteiger partial charge on any atom is -0.350 e. The van der Waals surface area contributed by atoms with Crippen molar-refractivity contribution in [3.05, 3.63) is 129 Å². The van der Waals surface area contributed by atoms with Crippen LogP contribution in [-0.2, 0) is 32.6 Å². The van der Waals surface area contributed by atoms with Crippen LogP contribution in [0.5, 0.6) is 0 Å². The molecule has 0 aromatic heterocycles. The van der Waals surface area contributed by atoms with Crippen LogP contribution in [0.2, 0.25) is 10.0 Å². The Kier molecular flexibility index (Phi) is 11.2. The summed E-state index contributed by atoms with van der Waals surface area (Å²) in [6.07, 6.45) is 0.220. The van der Waals surface area contributed by atoms with Gasteiger partial charge in [-0.25, -0.2) is 8.42 Å². The number of rotatable bonds is 11. The highest BCUT2D eigenvalue weighted by atomic mass is 35.5. The highest BCUT2D eigenvalue weighted by molar-refractivity contribution is 7.92. The molecule has 1 unspecified atom stereocenters. The lowest BCUT2D eigenvalue weighted by Crippen LogP contribution is -2.56. The lowest BCUT2D eigenvalue weighted by atomic mass is 10.00. The van der Waals surface area contributed by atoms with E-state index < -0.39 is 34.1 Å². The SMILES string of the molecule is Cc1ccc(S(=O)(=O)N(CC(=O)N(Cc2ccccc2C)C(Cc2ccccc2)C(=O)NC(C)(C)C)c2ccc(Cl)c(Cl)c2)cc1. The molecule has 2 amide bonds. The van der Waals surface area contributed by atoms with Gasteiger partial charge in [0.05, 0.1) is 20.6 Å². The van der Waals surface area contributed by atoms with Gasteiger partial charge >= 0.3 is 0 Å². The van der Waals surface area contributed by atoms with Crippen LogP contribution in [0, 0.1) is 13.8 Å². The van der Waals surface area contributed by atoms with Gasteiger partial charge in [0, 0.05) is 18.5 Å². The van der Waals surface area contributed by atoms with Gasteiger partial charge < -0.3 is 10.2 Å². The first-order valence-electron chi connectivity index (χ1n) is 14.9. The van der Waals surface area contributed by atoms with E-state index in [1.165, 1.54) is 35.2 Å². The molecule has 4 rings (SSSR count). The van der Waals surface area contributed by atoms with Gasteiger partial charge in [-0.3, -0.25) is 13.9 Å². The van der Waals surface area contributed by atoms with Crippen LogP contribution in [-0.4, -0.2) is 43.3 Å². The maximum Gasteiger partial charge on any atom is 0.264 e. The van der Waals surface area contributed by atoms with Gasteiger partial charge in [0.25, 0.3) is 10.0 Å². The largest absolute Gasteiger partial charge is 0.350 e. The fraction of sp³-hybridized carbons (Fsp3) is 0.278. The first-order valence-corrected chi connectivity index (χ1v) is 17.1. The molecule has 1 atom stereocenters. The third kappa shape index (κ3) is 8.90. The lowest BCUT2D eigenvalue weighted by Gasteiger charge is -2.35. The van der Waals surface area contributed by atoms with Crippen LogP contribution in [0.1, 0.15) is 43.0 Å². The van der Waals surface area contributed by atoms with Crippen LogP contribution in [0.15, 0.2) is 102 Å². The van der Waals surface area contributed by atoms with Gasteiger partial charge in [-0.05, 0) is 81.6 Å². The van der Waals surface area contributed by atoms with Crippen molar-refractivity contribution in [2.75, 3.05) is 10.8 Å². The Morgan fingerprint density at radius 3 is 2.07 bits per heavy atom. The molecule has 0 fully saturated rings. The molecular weight excluding hydrogens is 641 g/mol. The molecule has 0 radical (unpaired) electrons. The fourth-order valence-electron chi connectivity index (χ4n) is 4.98. The van der Waals surface area contributed by atoms with Crippen LogP contribution in [0.4, 0.5) is 5.69 Å². The number of carbonyl (C=O) groups excluding carboxylic acids is 2. The maximum absolute atomic E-state index is 14.6. The normalized spacial score (nSPS) is 12.3. The second-order valence-electron chi connectivity index (χ2n) is 12.3. The van der Waals surface area contributed by atoms with Gasteiger partial charge in [0.15, 0.2) is 0 Å². The standard InChI is InChI=1S/C36H39Cl2N3O4S/c1-25-15-18-30(19-16-25)46(44,45)41(29-17-20-31(37)32(38)22-29)24-34(42)40(23-28-14-10-9-11-26(28)2)33(35(43)39-36(3,4)5)21-27-12-7-6-8-13-27/h6-20,22,33H,21,23-24H2,1-5H3,(H,39,43). The van der Waals surface area contributed by atoms with Crippen molar-refractivity contribution < 1.29 is 18.0 Å². The molecule has 7 nitrogen and oxygen atoms in total. The van der Waals surface area contributed by atoms with Gasteiger partial charge in [-0.15, -0.1) is 0 Å². The number of anilines is 1. The number of halogens is 2. The first-order chi connectivity index (χ1) is 21.7. The van der Waals surface area contributed by atoms with Crippen molar-refractivity contribution >= 4 is 50.7 Å². The summed E-state index contributed by atoms with van der Waals surface area (Å²) in [4.78, 5) is 30.1. The van der Waals surface area contributed by atoms with Gasteiger partial charge in [0.1, 0.15) is 12.6 Å². The Bertz CT molecular complexity index is 1790. The van der Waals surface area contributed by atoms with Gasteiger partial charge in [-0.1, -0.05) is 95.5 Å². The summed E-state index contributed by atoms with van der Waals surface area (Å²) in [6, 6.07) is 26.9. The molecule has 0 bridgehead atoms. The van der Waals surface area contributed by atoms with Crippen molar-refractivity contribution in [3.8, 4) is 0 Å². The van der Waals surface area contributed by atoms with Crippen molar-refractivity contribution in [3.63, 3.8) is 0 Å². The lowest BCUT2D eigenvalue weighted by molar-refractivity contribution is -0.140. The molecule has 0 spiro atoms. The van der Waals surface area contributed by atoms with E-state index >= 15 is 0 Å². The molecule has 0 saturated heterocycles. The molecule has 0 saturated carbocycles. The Hall–Kier alpha value is -3.85. The number of nitrogens with zero attached hydrogens (tertiary/aromatic N) is 2. The predicted molar refractivity (Wildman–Crippen MR) is 186 cm³/mol. The molecule has 1 N–H and O–H groups in total. The van der Waals surface area contributed by atoms with Crippen molar-refractivity contribution in [1.29, 1.82) is 0 Å². The van der Waals surface area contributed by atoms with Crippen LogP contribution >= 0.6 is 23.2 Å². The summed E-state index contributed by atoms with van der Waals surface area (Å²) < 4.78 is 29.4. The van der Waals surface area contributed by atoms with E-state index in [1.807, 2.05) is 89.2 Å². The Balaban J connectivity index is 1.84. The van der Waals surface area contributed by atoms with Gasteiger partial charge in [0.2, 0.25) is 11.8 Å². The number of carbonyl (C=O) groups is 2. The summed E-state index contributed by atoms with van der Waals surface area (Å²) >= 11 is 12.5. The summed E-state index contributed by atoms with van der Waals surface area (Å²) in [5, 5.41) is 3.42. The van der Waals surface area contributed by atoms with E-state index in [4.69, 9.17) is 23.2 Å². The zero-order valence-corrected chi connectivity index (χ0v) is 29.0. The second kappa shape index (κ2) is 14.7. The van der Waals surface area contributed by atoms with Crippen molar-refractivity contribution in [2.45, 2.75) is 64.1 Å². The zero-order valence-electron chi connectivity index (χ0n) is 26.6. The summed E-state index contributed by atoms with van der Waals surface area (Å²) in [5.74, 6) is -0.907. The molecule has 0 aliphatic heterocycles. The molecule has 0 aliphatic carbocycles. The van der Waals surface area contributed by atoms with Crippen molar-refractivity contribution in [2.24, 2.45) is 0 Å². The number of hydrogen-bond acceptors (Lipinski definition) is 4. The topological polar surface area (TPSA) is 86.8 Å². The highest BCUT2D eigenvalue weighted by Gasteiger charge is 2.36. The van der Waals surface area contributed by atoms with E-state index in [-0.39, 0.29) is 39.5 Å². The average Bonchev–Trinajstić information content (AvgIpc) is 2.99. The molecule has 4 aromatic carbocycles. The third-order valence-electron chi connectivity index (χ3n) is 7.45. The second-order valence-corrected chi connectivity index (χ2v) is 15.0. The Morgan fingerprint density at radius 2 is 1.46 bits per heavy atom. The minimum absolute atomic E-state index is 0.00809. The Labute approximate surface area is 282 Å². The molecule has 46 heavy (non-hydrogen) atoms. The fourth-order valence-corrected chi connectivity index (χ4v) is 6.68. The number of aryl methyl sites for hydroxylation is 2. The van der Waals surface area contributed by atoms with Crippen LogP contribution in [0.25, 0.3) is 0 Å². The number of amides is 2. The van der Waals surface area contributed by atoms with E-state index in [0.29, 0.717) is 0 Å². The van der Waals surface area contributed by atoms with Crippen LogP contribution < -0.4 is 9.62 Å². The average molecular weight is 681 g/mol. The molecular formula is C36H39Cl2N3O4S. The molecule has 0 aliphatic rings.